The van der Waals surface area contributed by atoms with Crippen molar-refractivity contribution in [2.24, 2.45) is 0 Å². The van der Waals surface area contributed by atoms with Crippen LogP contribution in [0.2, 0.25) is 5.02 Å². The zero-order valence-corrected chi connectivity index (χ0v) is 29.4. The second kappa shape index (κ2) is 16.5. The summed E-state index contributed by atoms with van der Waals surface area (Å²) in [6.45, 7) is 5.07. The molecule has 9 nitrogen and oxygen atoms in total. The summed E-state index contributed by atoms with van der Waals surface area (Å²) >= 11 is 6.34. The number of amides is 2. The van der Waals surface area contributed by atoms with E-state index in [2.05, 4.69) is 5.32 Å². The molecule has 0 aromatic heterocycles. The van der Waals surface area contributed by atoms with Crippen LogP contribution < -0.4 is 19.1 Å². The van der Waals surface area contributed by atoms with Crippen LogP contribution in [-0.4, -0.2) is 58.0 Å². The fourth-order valence-corrected chi connectivity index (χ4v) is 6.80. The van der Waals surface area contributed by atoms with E-state index in [-0.39, 0.29) is 41.2 Å². The summed E-state index contributed by atoms with van der Waals surface area (Å²) in [7, 11) is -1.45. The smallest absolute Gasteiger partial charge is 0.264 e. The molecule has 0 radical (unpaired) electrons. The highest BCUT2D eigenvalue weighted by Gasteiger charge is 2.36. The average molecular weight is 692 g/mol. The molecule has 0 fully saturated rings. The third kappa shape index (κ3) is 9.08. The molecule has 0 unspecified atom stereocenters. The number of methoxy groups -OCH3 is 2. The largest absolute Gasteiger partial charge is 0.497 e. The molecule has 0 saturated carbocycles. The van der Waals surface area contributed by atoms with E-state index in [0.717, 1.165) is 15.4 Å². The van der Waals surface area contributed by atoms with Crippen LogP contribution >= 0.6 is 11.6 Å². The maximum atomic E-state index is 14.7. The number of rotatable bonds is 15. The Bertz CT molecular complexity index is 1800. The number of aryl methyl sites for hydroxylation is 1. The molecule has 0 spiro atoms. The van der Waals surface area contributed by atoms with Crippen LogP contribution in [-0.2, 0) is 32.6 Å². The topological polar surface area (TPSA) is 105 Å². The predicted octanol–water partition coefficient (Wildman–Crippen LogP) is 6.42. The molecule has 4 aromatic rings. The van der Waals surface area contributed by atoms with Crippen molar-refractivity contribution in [2.75, 3.05) is 25.1 Å². The molecular formula is C37H42ClN3O6S. The molecular weight excluding hydrogens is 650 g/mol. The van der Waals surface area contributed by atoms with E-state index in [1.54, 1.807) is 42.5 Å². The van der Waals surface area contributed by atoms with E-state index in [1.165, 1.54) is 37.3 Å². The first-order valence-corrected chi connectivity index (χ1v) is 17.5. The molecule has 2 atom stereocenters. The Morgan fingerprint density at radius 3 is 2.19 bits per heavy atom. The number of nitrogens with zero attached hydrogens (tertiary/aromatic N) is 2. The quantitative estimate of drug-likeness (QED) is 0.154. The van der Waals surface area contributed by atoms with Gasteiger partial charge in [-0.3, -0.25) is 13.9 Å². The van der Waals surface area contributed by atoms with Crippen LogP contribution in [0, 0.1) is 6.92 Å². The van der Waals surface area contributed by atoms with Crippen LogP contribution in [0.25, 0.3) is 0 Å². The minimum absolute atomic E-state index is 0.00150. The molecule has 0 aliphatic carbocycles. The minimum Gasteiger partial charge on any atom is -0.497 e. The molecule has 0 aliphatic heterocycles. The predicted molar refractivity (Wildman–Crippen MR) is 189 cm³/mol. The van der Waals surface area contributed by atoms with E-state index >= 15 is 0 Å². The molecule has 0 aliphatic rings. The van der Waals surface area contributed by atoms with E-state index in [0.29, 0.717) is 22.8 Å². The molecule has 0 bridgehead atoms. The molecule has 0 heterocycles. The number of anilines is 1. The van der Waals surface area contributed by atoms with Gasteiger partial charge in [0.25, 0.3) is 10.0 Å². The minimum atomic E-state index is -4.34. The average Bonchev–Trinajstić information content (AvgIpc) is 3.08. The third-order valence-corrected chi connectivity index (χ3v) is 10.1. The van der Waals surface area contributed by atoms with Gasteiger partial charge in [0.15, 0.2) is 0 Å². The van der Waals surface area contributed by atoms with Gasteiger partial charge in [-0.25, -0.2) is 8.42 Å². The van der Waals surface area contributed by atoms with Crippen molar-refractivity contribution < 1.29 is 27.5 Å². The van der Waals surface area contributed by atoms with Gasteiger partial charge in [0.05, 0.1) is 24.8 Å². The highest BCUT2D eigenvalue weighted by molar-refractivity contribution is 7.92. The summed E-state index contributed by atoms with van der Waals surface area (Å²) in [5, 5.41) is 3.50. The molecule has 11 heteroatoms. The van der Waals surface area contributed by atoms with Crippen LogP contribution in [0.3, 0.4) is 0 Å². The van der Waals surface area contributed by atoms with Crippen LogP contribution in [0.4, 0.5) is 5.69 Å². The molecule has 254 valence electrons. The number of carbonyl (C=O) groups is 2. The van der Waals surface area contributed by atoms with Crippen molar-refractivity contribution in [1.29, 1.82) is 0 Å². The number of halogens is 1. The van der Waals surface area contributed by atoms with Crippen molar-refractivity contribution in [3.05, 3.63) is 119 Å². The Morgan fingerprint density at radius 1 is 0.875 bits per heavy atom. The molecule has 4 aromatic carbocycles. The maximum absolute atomic E-state index is 14.7. The van der Waals surface area contributed by atoms with E-state index in [1.807, 2.05) is 57.2 Å². The zero-order valence-electron chi connectivity index (χ0n) is 27.9. The maximum Gasteiger partial charge on any atom is 0.264 e. The Morgan fingerprint density at radius 2 is 1.56 bits per heavy atom. The van der Waals surface area contributed by atoms with Crippen LogP contribution in [0.15, 0.2) is 102 Å². The lowest BCUT2D eigenvalue weighted by Gasteiger charge is -2.34. The van der Waals surface area contributed by atoms with Crippen LogP contribution in [0.1, 0.15) is 37.0 Å². The molecule has 48 heavy (non-hydrogen) atoms. The summed E-state index contributed by atoms with van der Waals surface area (Å²) in [4.78, 5) is 30.2. The number of sulfonamides is 1. The summed E-state index contributed by atoms with van der Waals surface area (Å²) in [6, 6.07) is 26.4. The van der Waals surface area contributed by atoms with E-state index < -0.39 is 28.5 Å². The van der Waals surface area contributed by atoms with Crippen LogP contribution in [0.5, 0.6) is 11.5 Å². The van der Waals surface area contributed by atoms with Gasteiger partial charge in [0.1, 0.15) is 24.1 Å². The van der Waals surface area contributed by atoms with Gasteiger partial charge in [-0.1, -0.05) is 78.7 Å². The van der Waals surface area contributed by atoms with Gasteiger partial charge < -0.3 is 19.7 Å². The Hall–Kier alpha value is -4.54. The highest BCUT2D eigenvalue weighted by atomic mass is 35.5. The number of nitrogens with one attached hydrogen (secondary N) is 1. The van der Waals surface area contributed by atoms with Gasteiger partial charge in [0, 0.05) is 30.1 Å². The summed E-state index contributed by atoms with van der Waals surface area (Å²) in [5.41, 5.74) is 2.50. The van der Waals surface area contributed by atoms with Gasteiger partial charge >= 0.3 is 0 Å². The number of ether oxygens (including phenoxy) is 2. The lowest BCUT2D eigenvalue weighted by atomic mass is 10.0. The molecule has 0 saturated heterocycles. The first kappa shape index (κ1) is 36.3. The standard InChI is InChI=1S/C37H42ClN3O6S/c1-6-27(3)39-37(43)34(22-28-11-8-7-9-12-28)40(24-29-13-10-14-30(38)21-29)36(42)25-41(33-23-31(46-4)17-20-35(33)47-5)48(44,45)32-18-15-26(2)16-19-32/h7-21,23,27,34H,6,22,24-25H2,1-5H3,(H,39,43)/t27-,34+/m0/s1. The van der Waals surface area contributed by atoms with Crippen molar-refractivity contribution in [3.8, 4) is 11.5 Å². The molecule has 2 amide bonds. The Kier molecular flexibility index (Phi) is 12.5. The van der Waals surface area contributed by atoms with Crippen molar-refractivity contribution in [1.82, 2.24) is 10.2 Å². The summed E-state index contributed by atoms with van der Waals surface area (Å²) < 4.78 is 40.8. The second-order valence-corrected chi connectivity index (χ2v) is 13.8. The van der Waals surface area contributed by atoms with Gasteiger partial charge in [0.2, 0.25) is 11.8 Å². The fraction of sp³-hybridized carbons (Fsp3) is 0.297. The van der Waals surface area contributed by atoms with E-state index in [9.17, 15) is 18.0 Å². The lowest BCUT2D eigenvalue weighted by Crippen LogP contribution is -2.54. The highest BCUT2D eigenvalue weighted by Crippen LogP contribution is 2.36. The number of hydrogen-bond acceptors (Lipinski definition) is 6. The Balaban J connectivity index is 1.87. The second-order valence-electron chi connectivity index (χ2n) is 11.5. The molecule has 4 rings (SSSR count). The van der Waals surface area contributed by atoms with Gasteiger partial charge in [-0.2, -0.15) is 0 Å². The Labute approximate surface area is 288 Å². The normalized spacial score (nSPS) is 12.5. The van der Waals surface area contributed by atoms with Gasteiger partial charge in [-0.15, -0.1) is 0 Å². The lowest BCUT2D eigenvalue weighted by molar-refractivity contribution is -0.140. The fourth-order valence-electron chi connectivity index (χ4n) is 5.17. The van der Waals surface area contributed by atoms with Gasteiger partial charge in [-0.05, 0) is 67.8 Å². The molecule has 1 N–H and O–H groups in total. The van der Waals surface area contributed by atoms with E-state index in [4.69, 9.17) is 21.1 Å². The summed E-state index contributed by atoms with van der Waals surface area (Å²) in [5.74, 6) is -0.365. The zero-order chi connectivity index (χ0) is 34.8. The summed E-state index contributed by atoms with van der Waals surface area (Å²) in [6.07, 6.45) is 0.882. The number of benzene rings is 4. The SMILES string of the molecule is CC[C@H](C)NC(=O)[C@@H](Cc1ccccc1)N(Cc1cccc(Cl)c1)C(=O)CN(c1cc(OC)ccc1OC)S(=O)(=O)c1ccc(C)cc1. The monoisotopic (exact) mass is 691 g/mol. The number of carbonyl (C=O) groups excluding carboxylic acids is 2. The first-order valence-electron chi connectivity index (χ1n) is 15.7. The first-order chi connectivity index (χ1) is 23.0. The van der Waals surface area contributed by atoms with Crippen molar-refractivity contribution in [3.63, 3.8) is 0 Å². The van der Waals surface area contributed by atoms with Crippen molar-refractivity contribution >= 4 is 39.1 Å². The number of hydrogen-bond donors (Lipinski definition) is 1. The van der Waals surface area contributed by atoms with Crippen molar-refractivity contribution in [2.45, 2.75) is 57.1 Å². The third-order valence-electron chi connectivity index (χ3n) is 8.06.